The van der Waals surface area contributed by atoms with Crippen LogP contribution in [0, 0.1) is 0 Å². The summed E-state index contributed by atoms with van der Waals surface area (Å²) < 4.78 is 7.23. The molecule has 2 N–H and O–H groups in total. The number of benzene rings is 1. The quantitative estimate of drug-likeness (QED) is 0.639. The van der Waals surface area contributed by atoms with Crippen LogP contribution in [0.4, 0.5) is 0 Å². The van der Waals surface area contributed by atoms with Crippen molar-refractivity contribution in [3.8, 4) is 5.69 Å². The van der Waals surface area contributed by atoms with Crippen molar-refractivity contribution in [3.63, 3.8) is 0 Å². The molecule has 2 aromatic heterocycles. The zero-order valence-corrected chi connectivity index (χ0v) is 15.4. The first-order valence-electron chi connectivity index (χ1n) is 7.81. The second-order valence-corrected chi connectivity index (χ2v) is 6.29. The zero-order chi connectivity index (χ0) is 18.5. The van der Waals surface area contributed by atoms with Gasteiger partial charge in [-0.15, -0.1) is 0 Å². The van der Waals surface area contributed by atoms with Gasteiger partial charge in [0.15, 0.2) is 10.4 Å². The highest BCUT2D eigenvalue weighted by Gasteiger charge is 2.14. The van der Waals surface area contributed by atoms with Gasteiger partial charge in [-0.2, -0.15) is 5.10 Å². The maximum Gasteiger partial charge on any atom is 0.287 e. The third kappa shape index (κ3) is 4.37. The van der Waals surface area contributed by atoms with Gasteiger partial charge in [-0.25, -0.2) is 9.67 Å². The van der Waals surface area contributed by atoms with Gasteiger partial charge in [-0.05, 0) is 52.7 Å². The molecule has 3 aromatic rings. The van der Waals surface area contributed by atoms with Crippen LogP contribution in [-0.2, 0) is 4.79 Å². The van der Waals surface area contributed by atoms with Gasteiger partial charge < -0.3 is 15.1 Å². The predicted molar refractivity (Wildman–Crippen MR) is 96.7 cm³/mol. The van der Waals surface area contributed by atoms with Crippen LogP contribution in [0.25, 0.3) is 5.69 Å². The lowest BCUT2D eigenvalue weighted by Crippen LogP contribution is -2.37. The first-order chi connectivity index (χ1) is 12.5. The fraction of sp³-hybridized carbons (Fsp3) is 0.176. The molecule has 0 aliphatic carbocycles. The third-order valence-electron chi connectivity index (χ3n) is 3.66. The molecule has 0 bridgehead atoms. The van der Waals surface area contributed by atoms with Crippen molar-refractivity contribution in [1.29, 1.82) is 0 Å². The summed E-state index contributed by atoms with van der Waals surface area (Å²) in [6, 6.07) is 10.5. The molecule has 0 saturated carbocycles. The van der Waals surface area contributed by atoms with Crippen molar-refractivity contribution in [1.82, 2.24) is 25.4 Å². The van der Waals surface area contributed by atoms with Crippen LogP contribution in [0.1, 0.15) is 29.1 Å². The monoisotopic (exact) mass is 417 g/mol. The maximum absolute atomic E-state index is 12.0. The van der Waals surface area contributed by atoms with E-state index < -0.39 is 5.91 Å². The van der Waals surface area contributed by atoms with E-state index in [2.05, 4.69) is 36.6 Å². The van der Waals surface area contributed by atoms with Crippen LogP contribution >= 0.6 is 15.9 Å². The summed E-state index contributed by atoms with van der Waals surface area (Å²) >= 11 is 3.12. The van der Waals surface area contributed by atoms with E-state index in [9.17, 15) is 9.59 Å². The minimum Gasteiger partial charge on any atom is -0.444 e. The second kappa shape index (κ2) is 7.96. The standard InChI is InChI=1S/C17H16BrN5O3/c1-11(12-2-4-13(5-3-12)23-10-19-9-21-23)22-16(24)8-20-17(25)14-6-7-15(18)26-14/h2-7,9-11H,8H2,1H3,(H,20,25)(H,22,24). The maximum atomic E-state index is 12.0. The van der Waals surface area contributed by atoms with E-state index in [1.165, 1.54) is 12.4 Å². The van der Waals surface area contributed by atoms with Gasteiger partial charge in [0.2, 0.25) is 5.91 Å². The fourth-order valence-electron chi connectivity index (χ4n) is 2.32. The molecule has 1 atom stereocenters. The average molecular weight is 418 g/mol. The highest BCUT2D eigenvalue weighted by Crippen LogP contribution is 2.15. The Morgan fingerprint density at radius 1 is 1.23 bits per heavy atom. The Hall–Kier alpha value is -2.94. The normalized spacial score (nSPS) is 11.8. The molecule has 0 fully saturated rings. The van der Waals surface area contributed by atoms with Crippen molar-refractivity contribution in [2.24, 2.45) is 0 Å². The smallest absolute Gasteiger partial charge is 0.287 e. The molecule has 2 amide bonds. The first-order valence-corrected chi connectivity index (χ1v) is 8.60. The van der Waals surface area contributed by atoms with Crippen LogP contribution in [0.2, 0.25) is 0 Å². The van der Waals surface area contributed by atoms with Crippen molar-refractivity contribution in [2.75, 3.05) is 6.54 Å². The number of rotatable bonds is 6. The zero-order valence-electron chi connectivity index (χ0n) is 13.8. The minimum absolute atomic E-state index is 0.140. The summed E-state index contributed by atoms with van der Waals surface area (Å²) in [6.45, 7) is 1.73. The Morgan fingerprint density at radius 2 is 2.00 bits per heavy atom. The summed E-state index contributed by atoms with van der Waals surface area (Å²) in [5.74, 6) is -0.603. The average Bonchev–Trinajstić information content (AvgIpc) is 3.31. The minimum atomic E-state index is -0.448. The Kier molecular flexibility index (Phi) is 5.47. The van der Waals surface area contributed by atoms with E-state index in [0.29, 0.717) is 4.67 Å². The van der Waals surface area contributed by atoms with Gasteiger partial charge in [0, 0.05) is 0 Å². The van der Waals surface area contributed by atoms with Crippen LogP contribution in [0.5, 0.6) is 0 Å². The Labute approximate surface area is 157 Å². The number of nitrogens with zero attached hydrogens (tertiary/aromatic N) is 3. The molecule has 26 heavy (non-hydrogen) atoms. The summed E-state index contributed by atoms with van der Waals surface area (Å²) in [6.07, 6.45) is 3.08. The number of carbonyl (C=O) groups excluding carboxylic acids is 2. The van der Waals surface area contributed by atoms with E-state index in [1.54, 1.807) is 17.1 Å². The molecule has 0 aliphatic heterocycles. The molecular formula is C17H16BrN5O3. The highest BCUT2D eigenvalue weighted by atomic mass is 79.9. The third-order valence-corrected chi connectivity index (χ3v) is 4.09. The number of hydrogen-bond donors (Lipinski definition) is 2. The predicted octanol–water partition coefficient (Wildman–Crippen LogP) is 2.23. The molecule has 3 rings (SSSR count). The SMILES string of the molecule is CC(NC(=O)CNC(=O)c1ccc(Br)o1)c1ccc(-n2cncn2)cc1. The second-order valence-electron chi connectivity index (χ2n) is 5.51. The van der Waals surface area contributed by atoms with E-state index in [1.807, 2.05) is 31.2 Å². The molecule has 0 aliphatic rings. The van der Waals surface area contributed by atoms with Crippen molar-refractivity contribution in [3.05, 3.63) is 65.0 Å². The van der Waals surface area contributed by atoms with Crippen molar-refractivity contribution in [2.45, 2.75) is 13.0 Å². The largest absolute Gasteiger partial charge is 0.444 e. The van der Waals surface area contributed by atoms with Gasteiger partial charge in [0.05, 0.1) is 18.3 Å². The van der Waals surface area contributed by atoms with Crippen LogP contribution in [0.15, 0.2) is 58.1 Å². The number of nitrogens with one attached hydrogen (secondary N) is 2. The van der Waals surface area contributed by atoms with Crippen LogP contribution in [0.3, 0.4) is 0 Å². The topological polar surface area (TPSA) is 102 Å². The molecule has 8 nitrogen and oxygen atoms in total. The Bertz CT molecular complexity index is 890. The molecule has 0 radical (unpaired) electrons. The van der Waals surface area contributed by atoms with Crippen LogP contribution in [-0.4, -0.2) is 33.1 Å². The molecule has 0 saturated heterocycles. The number of hydrogen-bond acceptors (Lipinski definition) is 5. The lowest BCUT2D eigenvalue weighted by atomic mass is 10.1. The summed E-state index contributed by atoms with van der Waals surface area (Å²) in [7, 11) is 0. The molecule has 134 valence electrons. The van der Waals surface area contributed by atoms with E-state index in [0.717, 1.165) is 11.3 Å². The Morgan fingerprint density at radius 3 is 2.62 bits per heavy atom. The molecule has 1 aromatic carbocycles. The lowest BCUT2D eigenvalue weighted by Gasteiger charge is -2.15. The number of aromatic nitrogens is 3. The fourth-order valence-corrected chi connectivity index (χ4v) is 2.62. The number of amides is 2. The Balaban J connectivity index is 1.51. The number of furan rings is 1. The van der Waals surface area contributed by atoms with Gasteiger partial charge in [-0.1, -0.05) is 12.1 Å². The molecular weight excluding hydrogens is 402 g/mol. The van der Waals surface area contributed by atoms with Gasteiger partial charge in [-0.3, -0.25) is 9.59 Å². The molecule has 1 unspecified atom stereocenters. The number of halogens is 1. The van der Waals surface area contributed by atoms with Gasteiger partial charge >= 0.3 is 0 Å². The molecule has 0 spiro atoms. The molecule has 2 heterocycles. The van der Waals surface area contributed by atoms with Crippen molar-refractivity contribution < 1.29 is 14.0 Å². The van der Waals surface area contributed by atoms with Gasteiger partial charge in [0.25, 0.3) is 5.91 Å². The summed E-state index contributed by atoms with van der Waals surface area (Å²) in [5.41, 5.74) is 1.81. The van der Waals surface area contributed by atoms with E-state index in [4.69, 9.17) is 4.42 Å². The van der Waals surface area contributed by atoms with Crippen molar-refractivity contribution >= 4 is 27.7 Å². The van der Waals surface area contributed by atoms with Crippen LogP contribution < -0.4 is 10.6 Å². The first kappa shape index (κ1) is 17.9. The molecule has 9 heteroatoms. The highest BCUT2D eigenvalue weighted by molar-refractivity contribution is 9.10. The van der Waals surface area contributed by atoms with Gasteiger partial charge in [0.1, 0.15) is 12.7 Å². The van der Waals surface area contributed by atoms with E-state index in [-0.39, 0.29) is 24.3 Å². The lowest BCUT2D eigenvalue weighted by molar-refractivity contribution is -0.120. The van der Waals surface area contributed by atoms with E-state index >= 15 is 0 Å². The summed E-state index contributed by atoms with van der Waals surface area (Å²) in [5, 5.41) is 9.41. The summed E-state index contributed by atoms with van der Waals surface area (Å²) in [4.78, 5) is 27.8. The number of carbonyl (C=O) groups is 2.